The minimum absolute atomic E-state index is 0.0204. The Morgan fingerprint density at radius 2 is 2.11 bits per heavy atom. The fraction of sp³-hybridized carbons (Fsp3) is 0.455. The van der Waals surface area contributed by atoms with Crippen molar-refractivity contribution in [2.75, 3.05) is 5.32 Å². The van der Waals surface area contributed by atoms with E-state index in [1.54, 1.807) is 11.3 Å². The molecule has 0 atom stereocenters. The minimum atomic E-state index is -0.0204. The van der Waals surface area contributed by atoms with E-state index in [4.69, 9.17) is 16.3 Å². The Labute approximate surface area is 120 Å². The quantitative estimate of drug-likeness (QED) is 0.915. The van der Waals surface area contributed by atoms with E-state index >= 15 is 0 Å². The number of halogens is 1. The molecule has 102 valence electrons. The van der Waals surface area contributed by atoms with Gasteiger partial charge in [-0.05, 0) is 32.4 Å². The smallest absolute Gasteiger partial charge is 0.322 e. The van der Waals surface area contributed by atoms with Crippen LogP contribution in [0, 0.1) is 6.92 Å². The fourth-order valence-electron chi connectivity index (χ4n) is 1.31. The van der Waals surface area contributed by atoms with Gasteiger partial charge in [0.2, 0.25) is 11.2 Å². The first-order valence-electron chi connectivity index (χ1n) is 5.76. The van der Waals surface area contributed by atoms with Gasteiger partial charge in [0.1, 0.15) is 5.01 Å². The lowest BCUT2D eigenvalue weighted by Crippen LogP contribution is -2.11. The van der Waals surface area contributed by atoms with Crippen LogP contribution in [0.3, 0.4) is 0 Å². The van der Waals surface area contributed by atoms with Gasteiger partial charge in [0.25, 0.3) is 0 Å². The van der Waals surface area contributed by atoms with Crippen molar-refractivity contribution in [1.82, 2.24) is 19.9 Å². The zero-order valence-corrected chi connectivity index (χ0v) is 12.4. The van der Waals surface area contributed by atoms with Crippen molar-refractivity contribution in [3.8, 4) is 6.01 Å². The fourth-order valence-corrected chi connectivity index (χ4v) is 2.18. The Bertz CT molecular complexity index is 560. The van der Waals surface area contributed by atoms with Crippen LogP contribution in [0.1, 0.15) is 24.5 Å². The number of nitrogens with one attached hydrogen (secondary N) is 1. The maximum absolute atomic E-state index is 5.82. The third-order valence-corrected chi connectivity index (χ3v) is 3.13. The average Bonchev–Trinajstić information content (AvgIpc) is 2.71. The third kappa shape index (κ3) is 4.29. The maximum Gasteiger partial charge on any atom is 0.322 e. The molecule has 2 aromatic rings. The Kier molecular flexibility index (Phi) is 4.49. The van der Waals surface area contributed by atoms with Gasteiger partial charge >= 0.3 is 6.01 Å². The highest BCUT2D eigenvalue weighted by molar-refractivity contribution is 7.09. The molecule has 2 aromatic heterocycles. The Morgan fingerprint density at radius 1 is 1.32 bits per heavy atom. The summed E-state index contributed by atoms with van der Waals surface area (Å²) >= 11 is 7.40. The zero-order valence-electron chi connectivity index (χ0n) is 10.8. The number of thiazole rings is 1. The van der Waals surface area contributed by atoms with Gasteiger partial charge in [0.05, 0.1) is 12.6 Å². The second-order valence-electron chi connectivity index (χ2n) is 4.11. The second kappa shape index (κ2) is 6.12. The van der Waals surface area contributed by atoms with Crippen LogP contribution < -0.4 is 10.1 Å². The lowest BCUT2D eigenvalue weighted by atomic mass is 10.5. The molecule has 0 aliphatic rings. The highest BCUT2D eigenvalue weighted by atomic mass is 35.5. The summed E-state index contributed by atoms with van der Waals surface area (Å²) in [6, 6.07) is 0.216. The van der Waals surface area contributed by atoms with E-state index in [1.165, 1.54) is 0 Å². The standard InChI is InChI=1S/C11H14ClN5OS/c1-6(2)18-11-16-9(12)15-10(17-11)13-4-8-14-7(3)5-19-8/h5-6H,4H2,1-3H3,(H,13,15,16,17). The van der Waals surface area contributed by atoms with Gasteiger partial charge in [0, 0.05) is 11.1 Å². The van der Waals surface area contributed by atoms with Crippen molar-refractivity contribution in [3.05, 3.63) is 21.4 Å². The number of aromatic nitrogens is 4. The lowest BCUT2D eigenvalue weighted by molar-refractivity contribution is 0.222. The van der Waals surface area contributed by atoms with Crippen molar-refractivity contribution in [2.24, 2.45) is 0 Å². The first-order chi connectivity index (χ1) is 9.02. The molecule has 2 rings (SSSR count). The van der Waals surface area contributed by atoms with E-state index in [9.17, 15) is 0 Å². The van der Waals surface area contributed by atoms with Crippen molar-refractivity contribution in [3.63, 3.8) is 0 Å². The van der Waals surface area contributed by atoms with Crippen molar-refractivity contribution < 1.29 is 4.74 Å². The number of hydrogen-bond acceptors (Lipinski definition) is 7. The summed E-state index contributed by atoms with van der Waals surface area (Å²) in [5.74, 6) is 0.378. The molecular formula is C11H14ClN5OS. The minimum Gasteiger partial charge on any atom is -0.461 e. The number of rotatable bonds is 5. The molecule has 0 bridgehead atoms. The number of aryl methyl sites for hydroxylation is 1. The highest BCUT2D eigenvalue weighted by Gasteiger charge is 2.08. The zero-order chi connectivity index (χ0) is 13.8. The van der Waals surface area contributed by atoms with Crippen molar-refractivity contribution in [1.29, 1.82) is 0 Å². The predicted octanol–water partition coefficient (Wildman–Crippen LogP) is 2.69. The molecule has 6 nitrogen and oxygen atoms in total. The van der Waals surface area contributed by atoms with Gasteiger partial charge < -0.3 is 10.1 Å². The highest BCUT2D eigenvalue weighted by Crippen LogP contribution is 2.14. The molecule has 0 aliphatic carbocycles. The van der Waals surface area contributed by atoms with Crippen LogP contribution in [-0.2, 0) is 6.54 Å². The Hall–Kier alpha value is -1.47. The van der Waals surface area contributed by atoms with Gasteiger partial charge in [0.15, 0.2) is 0 Å². The molecule has 0 fully saturated rings. The lowest BCUT2D eigenvalue weighted by Gasteiger charge is -2.09. The number of hydrogen-bond donors (Lipinski definition) is 1. The van der Waals surface area contributed by atoms with Crippen LogP contribution in [0.2, 0.25) is 5.28 Å². The first-order valence-corrected chi connectivity index (χ1v) is 7.02. The molecule has 0 amide bonds. The van der Waals surface area contributed by atoms with Gasteiger partial charge in [-0.3, -0.25) is 0 Å². The Balaban J connectivity index is 2.05. The molecule has 0 aliphatic heterocycles. The van der Waals surface area contributed by atoms with Gasteiger partial charge in [-0.1, -0.05) is 0 Å². The van der Waals surface area contributed by atoms with Crippen LogP contribution in [0.25, 0.3) is 0 Å². The van der Waals surface area contributed by atoms with Gasteiger partial charge in [-0.15, -0.1) is 11.3 Å². The number of nitrogens with zero attached hydrogens (tertiary/aromatic N) is 4. The van der Waals surface area contributed by atoms with E-state index < -0.39 is 0 Å². The summed E-state index contributed by atoms with van der Waals surface area (Å²) in [7, 11) is 0. The molecule has 0 saturated heterocycles. The van der Waals surface area contributed by atoms with Crippen LogP contribution in [0.4, 0.5) is 5.95 Å². The molecule has 2 heterocycles. The first kappa shape index (κ1) is 14.0. The van der Waals surface area contributed by atoms with E-state index in [-0.39, 0.29) is 17.4 Å². The molecule has 0 saturated carbocycles. The summed E-state index contributed by atoms with van der Waals surface area (Å²) in [5.41, 5.74) is 0.999. The SMILES string of the molecule is Cc1csc(CNc2nc(Cl)nc(OC(C)C)n2)n1. The van der Waals surface area contributed by atoms with E-state index in [0.717, 1.165) is 10.7 Å². The molecule has 0 aromatic carbocycles. The molecule has 0 spiro atoms. The Morgan fingerprint density at radius 3 is 2.74 bits per heavy atom. The topological polar surface area (TPSA) is 72.8 Å². The third-order valence-electron chi connectivity index (χ3n) is 1.99. The largest absolute Gasteiger partial charge is 0.461 e. The van der Waals surface area contributed by atoms with Crippen LogP contribution >= 0.6 is 22.9 Å². The van der Waals surface area contributed by atoms with Gasteiger partial charge in [-0.2, -0.15) is 15.0 Å². The molecule has 0 radical (unpaired) electrons. The molecule has 1 N–H and O–H groups in total. The second-order valence-corrected chi connectivity index (χ2v) is 5.39. The van der Waals surface area contributed by atoms with E-state index in [0.29, 0.717) is 12.5 Å². The van der Waals surface area contributed by atoms with Crippen molar-refractivity contribution in [2.45, 2.75) is 33.4 Å². The molecule has 19 heavy (non-hydrogen) atoms. The summed E-state index contributed by atoms with van der Waals surface area (Å²) < 4.78 is 5.39. The summed E-state index contributed by atoms with van der Waals surface area (Å²) in [6.07, 6.45) is -0.0204. The van der Waals surface area contributed by atoms with Gasteiger partial charge in [-0.25, -0.2) is 4.98 Å². The summed E-state index contributed by atoms with van der Waals surface area (Å²) in [5, 5.41) is 6.10. The maximum atomic E-state index is 5.82. The summed E-state index contributed by atoms with van der Waals surface area (Å²) in [4.78, 5) is 16.4. The van der Waals surface area contributed by atoms with Crippen molar-refractivity contribution >= 4 is 28.9 Å². The molecule has 0 unspecified atom stereocenters. The average molecular weight is 300 g/mol. The molecular weight excluding hydrogens is 286 g/mol. The van der Waals surface area contributed by atoms with Crippen LogP contribution in [-0.4, -0.2) is 26.0 Å². The molecule has 8 heteroatoms. The predicted molar refractivity (Wildman–Crippen MR) is 74.8 cm³/mol. The summed E-state index contributed by atoms with van der Waals surface area (Å²) in [6.45, 7) is 6.28. The van der Waals surface area contributed by atoms with Crippen LogP contribution in [0.5, 0.6) is 6.01 Å². The normalized spacial score (nSPS) is 10.8. The van der Waals surface area contributed by atoms with E-state index in [2.05, 4.69) is 25.3 Å². The van der Waals surface area contributed by atoms with E-state index in [1.807, 2.05) is 26.2 Å². The van der Waals surface area contributed by atoms with Crippen LogP contribution in [0.15, 0.2) is 5.38 Å². The monoisotopic (exact) mass is 299 g/mol. The number of anilines is 1. The number of ether oxygens (including phenoxy) is 1.